The van der Waals surface area contributed by atoms with E-state index in [9.17, 15) is 4.79 Å². The predicted octanol–water partition coefficient (Wildman–Crippen LogP) is 2.90. The number of carbonyl (C=O) groups excluding carboxylic acids is 1. The van der Waals surface area contributed by atoms with Crippen LogP contribution in [0.4, 0.5) is 5.69 Å². The van der Waals surface area contributed by atoms with Gasteiger partial charge in [0.05, 0.1) is 0 Å². The molecule has 1 aromatic heterocycles. The maximum absolute atomic E-state index is 12.2. The minimum atomic E-state index is -0.172. The Morgan fingerprint density at radius 3 is 2.28 bits per heavy atom. The van der Waals surface area contributed by atoms with Crippen LogP contribution in [0, 0.1) is 27.7 Å². The van der Waals surface area contributed by atoms with E-state index in [0.29, 0.717) is 5.69 Å². The number of aryl methyl sites for hydroxylation is 3. The minimum absolute atomic E-state index is 0.172. The summed E-state index contributed by atoms with van der Waals surface area (Å²) in [6.07, 6.45) is 0. The van der Waals surface area contributed by atoms with Crippen molar-refractivity contribution in [3.05, 3.63) is 46.3 Å². The van der Waals surface area contributed by atoms with Crippen molar-refractivity contribution in [2.45, 2.75) is 27.7 Å². The molecular weight excluding hydrogens is 226 g/mol. The topological polar surface area (TPSA) is 57.8 Å². The molecule has 2 N–H and O–H groups in total. The van der Waals surface area contributed by atoms with E-state index in [1.807, 2.05) is 45.9 Å². The van der Waals surface area contributed by atoms with Gasteiger partial charge in [0.15, 0.2) is 5.69 Å². The molecule has 2 rings (SSSR count). The van der Waals surface area contributed by atoms with Crippen LogP contribution in [0.25, 0.3) is 0 Å². The van der Waals surface area contributed by atoms with Crippen LogP contribution in [0.3, 0.4) is 0 Å². The second-order valence-electron chi connectivity index (χ2n) is 4.54. The predicted molar refractivity (Wildman–Crippen MR) is 71.9 cm³/mol. The van der Waals surface area contributed by atoms with Crippen LogP contribution in [0.5, 0.6) is 0 Å². The number of aromatic amines is 1. The van der Waals surface area contributed by atoms with Crippen LogP contribution >= 0.6 is 0 Å². The van der Waals surface area contributed by atoms with E-state index in [-0.39, 0.29) is 5.91 Å². The molecule has 1 heterocycles. The third kappa shape index (κ3) is 2.14. The van der Waals surface area contributed by atoms with E-state index in [2.05, 4.69) is 15.5 Å². The van der Waals surface area contributed by atoms with Crippen molar-refractivity contribution in [1.29, 1.82) is 0 Å². The fourth-order valence-electron chi connectivity index (χ4n) is 1.89. The van der Waals surface area contributed by atoms with Crippen molar-refractivity contribution >= 4 is 11.6 Å². The molecule has 18 heavy (non-hydrogen) atoms. The highest BCUT2D eigenvalue weighted by atomic mass is 16.1. The highest BCUT2D eigenvalue weighted by molar-refractivity contribution is 6.04. The van der Waals surface area contributed by atoms with Crippen LogP contribution in [-0.2, 0) is 0 Å². The Hall–Kier alpha value is -2.10. The first-order valence-corrected chi connectivity index (χ1v) is 5.90. The number of benzene rings is 1. The van der Waals surface area contributed by atoms with Gasteiger partial charge in [0.2, 0.25) is 0 Å². The number of rotatable bonds is 2. The first-order valence-electron chi connectivity index (χ1n) is 5.90. The molecule has 0 bridgehead atoms. The van der Waals surface area contributed by atoms with Gasteiger partial charge in [-0.15, -0.1) is 0 Å². The largest absolute Gasteiger partial charge is 0.320 e. The molecule has 1 amide bonds. The van der Waals surface area contributed by atoms with Gasteiger partial charge < -0.3 is 5.32 Å². The molecule has 2 aromatic rings. The summed E-state index contributed by atoms with van der Waals surface area (Å²) in [7, 11) is 0. The van der Waals surface area contributed by atoms with Gasteiger partial charge in [0, 0.05) is 16.9 Å². The molecule has 0 aliphatic heterocycles. The summed E-state index contributed by atoms with van der Waals surface area (Å²) in [5.41, 5.74) is 5.22. The Kier molecular flexibility index (Phi) is 3.19. The van der Waals surface area contributed by atoms with Gasteiger partial charge in [0.25, 0.3) is 5.91 Å². The Balaban J connectivity index is 2.30. The Morgan fingerprint density at radius 1 is 1.17 bits per heavy atom. The Labute approximate surface area is 106 Å². The smallest absolute Gasteiger partial charge is 0.276 e. The van der Waals surface area contributed by atoms with Gasteiger partial charge in [0.1, 0.15) is 0 Å². The number of aromatic nitrogens is 2. The van der Waals surface area contributed by atoms with Gasteiger partial charge in [-0.25, -0.2) is 0 Å². The second-order valence-corrected chi connectivity index (χ2v) is 4.54. The zero-order valence-corrected chi connectivity index (χ0v) is 11.1. The highest BCUT2D eigenvalue weighted by Crippen LogP contribution is 2.20. The standard InChI is InChI=1S/C14H17N3O/c1-8-6-5-7-9(2)12(8)15-14(18)13-10(3)11(4)16-17-13/h5-7H,1-4H3,(H,15,18)(H,16,17). The lowest BCUT2D eigenvalue weighted by Crippen LogP contribution is -2.15. The number of carbonyl (C=O) groups is 1. The number of anilines is 1. The maximum Gasteiger partial charge on any atom is 0.276 e. The third-order valence-electron chi connectivity index (χ3n) is 3.19. The molecule has 4 heteroatoms. The van der Waals surface area contributed by atoms with Crippen molar-refractivity contribution in [3.8, 4) is 0 Å². The van der Waals surface area contributed by atoms with E-state index in [1.54, 1.807) is 0 Å². The number of nitrogens with zero attached hydrogens (tertiary/aromatic N) is 1. The molecule has 1 aromatic carbocycles. The molecule has 0 radical (unpaired) electrons. The molecule has 0 spiro atoms. The fourth-order valence-corrected chi connectivity index (χ4v) is 1.89. The molecule has 0 aliphatic carbocycles. The fraction of sp³-hybridized carbons (Fsp3) is 0.286. The molecule has 0 saturated carbocycles. The SMILES string of the molecule is Cc1cccc(C)c1NC(=O)c1n[nH]c(C)c1C. The number of hydrogen-bond donors (Lipinski definition) is 2. The Morgan fingerprint density at radius 2 is 1.78 bits per heavy atom. The lowest BCUT2D eigenvalue weighted by atomic mass is 10.1. The van der Waals surface area contributed by atoms with Crippen LogP contribution in [-0.4, -0.2) is 16.1 Å². The molecule has 94 valence electrons. The van der Waals surface area contributed by atoms with Gasteiger partial charge in [-0.2, -0.15) is 5.10 Å². The molecule has 0 fully saturated rings. The first kappa shape index (κ1) is 12.4. The van der Waals surface area contributed by atoms with Gasteiger partial charge in [-0.3, -0.25) is 9.89 Å². The van der Waals surface area contributed by atoms with E-state index >= 15 is 0 Å². The van der Waals surface area contributed by atoms with Crippen molar-refractivity contribution in [2.24, 2.45) is 0 Å². The number of hydrogen-bond acceptors (Lipinski definition) is 2. The lowest BCUT2D eigenvalue weighted by Gasteiger charge is -2.10. The molecule has 0 unspecified atom stereocenters. The summed E-state index contributed by atoms with van der Waals surface area (Å²) in [6, 6.07) is 5.93. The molecule has 0 saturated heterocycles. The van der Waals surface area contributed by atoms with Crippen LogP contribution < -0.4 is 5.32 Å². The summed E-state index contributed by atoms with van der Waals surface area (Å²) >= 11 is 0. The van der Waals surface area contributed by atoms with Crippen molar-refractivity contribution in [1.82, 2.24) is 10.2 Å². The van der Waals surface area contributed by atoms with Gasteiger partial charge in [-0.05, 0) is 38.8 Å². The summed E-state index contributed by atoms with van der Waals surface area (Å²) in [5, 5.41) is 9.78. The van der Waals surface area contributed by atoms with Crippen LogP contribution in [0.15, 0.2) is 18.2 Å². The average Bonchev–Trinajstić information content (AvgIpc) is 2.65. The van der Waals surface area contributed by atoms with Crippen molar-refractivity contribution < 1.29 is 4.79 Å². The minimum Gasteiger partial charge on any atom is -0.320 e. The third-order valence-corrected chi connectivity index (χ3v) is 3.19. The normalized spacial score (nSPS) is 10.4. The monoisotopic (exact) mass is 243 g/mol. The zero-order valence-electron chi connectivity index (χ0n) is 11.1. The molecular formula is C14H17N3O. The first-order chi connectivity index (χ1) is 8.50. The quantitative estimate of drug-likeness (QED) is 0.852. The molecule has 0 aliphatic rings. The van der Waals surface area contributed by atoms with Crippen molar-refractivity contribution in [2.75, 3.05) is 5.32 Å². The zero-order chi connectivity index (χ0) is 13.3. The summed E-state index contributed by atoms with van der Waals surface area (Å²) in [4.78, 5) is 12.2. The van der Waals surface area contributed by atoms with Gasteiger partial charge in [-0.1, -0.05) is 18.2 Å². The van der Waals surface area contributed by atoms with E-state index in [4.69, 9.17) is 0 Å². The molecule has 0 atom stereocenters. The van der Waals surface area contributed by atoms with E-state index in [1.165, 1.54) is 0 Å². The van der Waals surface area contributed by atoms with Crippen LogP contribution in [0.2, 0.25) is 0 Å². The maximum atomic E-state index is 12.2. The summed E-state index contributed by atoms with van der Waals surface area (Å²) in [6.45, 7) is 7.74. The second kappa shape index (κ2) is 4.64. The summed E-state index contributed by atoms with van der Waals surface area (Å²) in [5.74, 6) is -0.172. The van der Waals surface area contributed by atoms with Crippen LogP contribution in [0.1, 0.15) is 32.9 Å². The van der Waals surface area contributed by atoms with E-state index < -0.39 is 0 Å². The number of amides is 1. The highest BCUT2D eigenvalue weighted by Gasteiger charge is 2.15. The average molecular weight is 243 g/mol. The number of nitrogens with one attached hydrogen (secondary N) is 2. The van der Waals surface area contributed by atoms with Crippen molar-refractivity contribution in [3.63, 3.8) is 0 Å². The number of H-pyrrole nitrogens is 1. The summed E-state index contributed by atoms with van der Waals surface area (Å²) < 4.78 is 0. The Bertz CT molecular complexity index is 579. The molecule has 4 nitrogen and oxygen atoms in total. The van der Waals surface area contributed by atoms with Gasteiger partial charge >= 0.3 is 0 Å². The van der Waals surface area contributed by atoms with E-state index in [0.717, 1.165) is 28.1 Å². The number of para-hydroxylation sites is 1. The lowest BCUT2D eigenvalue weighted by molar-refractivity contribution is 0.102.